The maximum absolute atomic E-state index is 12.1. The first-order valence-corrected chi connectivity index (χ1v) is 7.20. The van der Waals surface area contributed by atoms with Crippen LogP contribution < -0.4 is 4.74 Å². The van der Waals surface area contributed by atoms with E-state index in [2.05, 4.69) is 12.2 Å². The molecule has 1 aromatic rings. The fraction of sp³-hybridized carbons (Fsp3) is 0.412. The first-order valence-electron chi connectivity index (χ1n) is 7.20. The Labute approximate surface area is 123 Å². The van der Waals surface area contributed by atoms with Crippen LogP contribution in [0.4, 0.5) is 0 Å². The molecule has 0 aromatic heterocycles. The van der Waals surface area contributed by atoms with E-state index >= 15 is 0 Å². The van der Waals surface area contributed by atoms with E-state index in [4.69, 9.17) is 9.47 Å². The lowest BCUT2D eigenvalue weighted by Gasteiger charge is -2.16. The van der Waals surface area contributed by atoms with Gasteiger partial charge in [0.15, 0.2) is 6.61 Å². The highest BCUT2D eigenvalue weighted by molar-refractivity contribution is 6.00. The van der Waals surface area contributed by atoms with Gasteiger partial charge in [-0.1, -0.05) is 24.3 Å². The number of Topliss-reactive ketones (excluding diaryl/α,β-unsaturated/α-hetero) is 1. The van der Waals surface area contributed by atoms with E-state index in [-0.39, 0.29) is 24.3 Å². The van der Waals surface area contributed by atoms with Gasteiger partial charge < -0.3 is 9.47 Å². The number of carbonyl (C=O) groups excluding carboxylic acids is 2. The Bertz CT molecular complexity index is 590. The highest BCUT2D eigenvalue weighted by Gasteiger charge is 2.40. The summed E-state index contributed by atoms with van der Waals surface area (Å²) in [6, 6.07) is 6.95. The monoisotopic (exact) mass is 286 g/mol. The summed E-state index contributed by atoms with van der Waals surface area (Å²) in [5.74, 6) is 0.739. The van der Waals surface area contributed by atoms with Crippen molar-refractivity contribution in [2.45, 2.75) is 12.8 Å². The molecule has 0 heterocycles. The summed E-state index contributed by atoms with van der Waals surface area (Å²) in [7, 11) is 1.51. The molecule has 3 atom stereocenters. The van der Waals surface area contributed by atoms with Gasteiger partial charge in [-0.3, -0.25) is 9.59 Å². The molecule has 2 aliphatic rings. The number of ether oxygens (including phenoxy) is 2. The third-order valence-electron chi connectivity index (χ3n) is 4.33. The van der Waals surface area contributed by atoms with Gasteiger partial charge in [-0.15, -0.1) is 0 Å². The van der Waals surface area contributed by atoms with E-state index in [9.17, 15) is 9.59 Å². The van der Waals surface area contributed by atoms with E-state index in [1.807, 2.05) is 0 Å². The van der Waals surface area contributed by atoms with Crippen LogP contribution in [-0.2, 0) is 9.53 Å². The normalized spacial score (nSPS) is 25.9. The molecule has 1 fully saturated rings. The van der Waals surface area contributed by atoms with E-state index < -0.39 is 0 Å². The molecule has 2 bridgehead atoms. The number of carbonyl (C=O) groups is 2. The SMILES string of the molecule is COc1ccccc1C(=O)COC(=O)C1CC2C=CC1C2. The molecule has 1 saturated carbocycles. The predicted octanol–water partition coefficient (Wildman–Crippen LogP) is 2.63. The van der Waals surface area contributed by atoms with Crippen LogP contribution in [-0.4, -0.2) is 25.5 Å². The van der Waals surface area contributed by atoms with Gasteiger partial charge in [-0.05, 0) is 36.8 Å². The molecule has 0 N–H and O–H groups in total. The standard InChI is InChI=1S/C17H18O4/c1-20-16-5-3-2-4-13(16)15(18)10-21-17(19)14-9-11-6-7-12(14)8-11/h2-7,11-12,14H,8-10H2,1H3. The van der Waals surface area contributed by atoms with Crippen molar-refractivity contribution in [1.29, 1.82) is 0 Å². The second kappa shape index (κ2) is 5.72. The highest BCUT2D eigenvalue weighted by Crippen LogP contribution is 2.43. The molecule has 0 aliphatic heterocycles. The minimum atomic E-state index is -0.255. The summed E-state index contributed by atoms with van der Waals surface area (Å²) < 4.78 is 10.4. The van der Waals surface area contributed by atoms with Crippen molar-refractivity contribution in [3.8, 4) is 5.75 Å². The average Bonchev–Trinajstić information content (AvgIpc) is 3.15. The Kier molecular flexibility index (Phi) is 3.78. The molecule has 21 heavy (non-hydrogen) atoms. The lowest BCUT2D eigenvalue weighted by molar-refractivity contribution is -0.148. The van der Waals surface area contributed by atoms with E-state index in [0.29, 0.717) is 23.1 Å². The Morgan fingerprint density at radius 2 is 2.00 bits per heavy atom. The van der Waals surface area contributed by atoms with E-state index in [0.717, 1.165) is 12.8 Å². The van der Waals surface area contributed by atoms with Gasteiger partial charge >= 0.3 is 5.97 Å². The summed E-state index contributed by atoms with van der Waals surface area (Å²) >= 11 is 0. The Balaban J connectivity index is 1.59. The number of benzene rings is 1. The molecular weight excluding hydrogens is 268 g/mol. The molecule has 4 heteroatoms. The maximum atomic E-state index is 12.1. The highest BCUT2D eigenvalue weighted by atomic mass is 16.5. The first kappa shape index (κ1) is 13.9. The lowest BCUT2D eigenvalue weighted by atomic mass is 9.94. The number of rotatable bonds is 5. The molecule has 110 valence electrons. The smallest absolute Gasteiger partial charge is 0.310 e. The topological polar surface area (TPSA) is 52.6 Å². The molecule has 2 aliphatic carbocycles. The van der Waals surface area contributed by atoms with Crippen molar-refractivity contribution < 1.29 is 19.1 Å². The van der Waals surface area contributed by atoms with Gasteiger partial charge in [-0.2, -0.15) is 0 Å². The van der Waals surface area contributed by atoms with Crippen LogP contribution in [0.2, 0.25) is 0 Å². The van der Waals surface area contributed by atoms with Gasteiger partial charge in [0.1, 0.15) is 5.75 Å². The van der Waals surface area contributed by atoms with Crippen LogP contribution in [0, 0.1) is 17.8 Å². The molecule has 0 saturated heterocycles. The zero-order valence-electron chi connectivity index (χ0n) is 12.0. The summed E-state index contributed by atoms with van der Waals surface area (Å²) in [5, 5.41) is 0. The number of hydrogen-bond acceptors (Lipinski definition) is 4. The number of fused-ring (bicyclic) bond motifs is 2. The second-order valence-corrected chi connectivity index (χ2v) is 5.62. The van der Waals surface area contributed by atoms with Crippen LogP contribution >= 0.6 is 0 Å². The zero-order chi connectivity index (χ0) is 14.8. The number of methoxy groups -OCH3 is 1. The van der Waals surface area contributed by atoms with Gasteiger partial charge in [-0.25, -0.2) is 0 Å². The van der Waals surface area contributed by atoms with Crippen molar-refractivity contribution in [3.05, 3.63) is 42.0 Å². The maximum Gasteiger partial charge on any atom is 0.310 e. The van der Waals surface area contributed by atoms with Gasteiger partial charge in [0.2, 0.25) is 5.78 Å². The van der Waals surface area contributed by atoms with Crippen LogP contribution in [0.15, 0.2) is 36.4 Å². The van der Waals surface area contributed by atoms with Crippen molar-refractivity contribution in [3.63, 3.8) is 0 Å². The molecule has 0 radical (unpaired) electrons. The molecule has 4 nitrogen and oxygen atoms in total. The number of esters is 1. The van der Waals surface area contributed by atoms with Crippen LogP contribution in [0.25, 0.3) is 0 Å². The quantitative estimate of drug-likeness (QED) is 0.474. The summed E-state index contributed by atoms with van der Waals surface area (Å²) in [4.78, 5) is 24.2. The average molecular weight is 286 g/mol. The Hall–Kier alpha value is -2.10. The number of ketones is 1. The van der Waals surface area contributed by atoms with Gasteiger partial charge in [0, 0.05) is 0 Å². The van der Waals surface area contributed by atoms with Gasteiger partial charge in [0.25, 0.3) is 0 Å². The fourth-order valence-corrected chi connectivity index (χ4v) is 3.25. The molecule has 3 rings (SSSR count). The van der Waals surface area contributed by atoms with Crippen LogP contribution in [0.1, 0.15) is 23.2 Å². The molecule has 0 spiro atoms. The van der Waals surface area contributed by atoms with Gasteiger partial charge in [0.05, 0.1) is 18.6 Å². The zero-order valence-corrected chi connectivity index (χ0v) is 12.0. The Morgan fingerprint density at radius 3 is 2.67 bits per heavy atom. The van der Waals surface area contributed by atoms with E-state index in [1.54, 1.807) is 24.3 Å². The molecular formula is C17H18O4. The first-order chi connectivity index (χ1) is 10.2. The van der Waals surface area contributed by atoms with Crippen LogP contribution in [0.3, 0.4) is 0 Å². The van der Waals surface area contributed by atoms with Crippen molar-refractivity contribution in [2.24, 2.45) is 17.8 Å². The van der Waals surface area contributed by atoms with Crippen LogP contribution in [0.5, 0.6) is 5.75 Å². The van der Waals surface area contributed by atoms with E-state index in [1.165, 1.54) is 7.11 Å². The number of allylic oxidation sites excluding steroid dienone is 2. The molecule has 3 unspecified atom stereocenters. The third kappa shape index (κ3) is 2.71. The fourth-order valence-electron chi connectivity index (χ4n) is 3.25. The third-order valence-corrected chi connectivity index (χ3v) is 4.33. The Morgan fingerprint density at radius 1 is 1.19 bits per heavy atom. The summed E-state index contributed by atoms with van der Waals surface area (Å²) in [6.45, 7) is -0.225. The lowest BCUT2D eigenvalue weighted by Crippen LogP contribution is -2.24. The summed E-state index contributed by atoms with van der Waals surface area (Å²) in [5.41, 5.74) is 0.445. The minimum absolute atomic E-state index is 0.0783. The minimum Gasteiger partial charge on any atom is -0.496 e. The van der Waals surface area contributed by atoms with Crippen molar-refractivity contribution in [2.75, 3.05) is 13.7 Å². The predicted molar refractivity (Wildman–Crippen MR) is 77.1 cm³/mol. The van der Waals surface area contributed by atoms with Crippen molar-refractivity contribution >= 4 is 11.8 Å². The number of hydrogen-bond donors (Lipinski definition) is 0. The number of para-hydroxylation sites is 1. The summed E-state index contributed by atoms with van der Waals surface area (Å²) in [6.07, 6.45) is 6.17. The van der Waals surface area contributed by atoms with Crippen molar-refractivity contribution in [1.82, 2.24) is 0 Å². The molecule has 0 amide bonds. The largest absolute Gasteiger partial charge is 0.496 e. The molecule has 1 aromatic carbocycles. The second-order valence-electron chi connectivity index (χ2n) is 5.62.